The summed E-state index contributed by atoms with van der Waals surface area (Å²) in [6.45, 7) is 5.88. The summed E-state index contributed by atoms with van der Waals surface area (Å²) in [5.41, 5.74) is 2.86. The van der Waals surface area contributed by atoms with Crippen LogP contribution in [0.3, 0.4) is 0 Å². The fourth-order valence-corrected chi connectivity index (χ4v) is 2.42. The van der Waals surface area contributed by atoms with Crippen molar-refractivity contribution in [3.05, 3.63) is 47.7 Å². The molecule has 1 aliphatic heterocycles. The number of nitrogens with zero attached hydrogens (tertiary/aromatic N) is 1. The Morgan fingerprint density at radius 1 is 1.27 bits per heavy atom. The number of anilines is 1. The number of hydrogen-bond acceptors (Lipinski definition) is 5. The van der Waals surface area contributed by atoms with Crippen molar-refractivity contribution >= 4 is 36.4 Å². The van der Waals surface area contributed by atoms with Gasteiger partial charge in [0, 0.05) is 19.2 Å². The number of nitrogens with one attached hydrogen (secondary N) is 2. The van der Waals surface area contributed by atoms with E-state index in [0.717, 1.165) is 23.4 Å². The molecule has 1 aromatic heterocycles. The molecule has 2 aromatic rings. The molecule has 0 radical (unpaired) electrons. The van der Waals surface area contributed by atoms with Gasteiger partial charge in [0.25, 0.3) is 5.91 Å². The minimum Gasteiger partial charge on any atom is -0.439 e. The van der Waals surface area contributed by atoms with Crippen LogP contribution in [-0.2, 0) is 9.53 Å². The van der Waals surface area contributed by atoms with Crippen LogP contribution in [-0.4, -0.2) is 36.7 Å². The number of rotatable bonds is 4. The number of morpholine rings is 1. The minimum absolute atomic E-state index is 0. The van der Waals surface area contributed by atoms with Gasteiger partial charge in [-0.15, -0.1) is 24.8 Å². The molecule has 1 saturated heterocycles. The van der Waals surface area contributed by atoms with Gasteiger partial charge in [-0.25, -0.2) is 4.98 Å². The first-order chi connectivity index (χ1) is 11.6. The average Bonchev–Trinajstić information content (AvgIpc) is 2.61. The van der Waals surface area contributed by atoms with Gasteiger partial charge in [0.2, 0.25) is 5.88 Å². The zero-order valence-electron chi connectivity index (χ0n) is 14.7. The fourth-order valence-electron chi connectivity index (χ4n) is 2.42. The van der Waals surface area contributed by atoms with E-state index in [2.05, 4.69) is 15.6 Å². The van der Waals surface area contributed by atoms with E-state index in [0.29, 0.717) is 24.7 Å². The summed E-state index contributed by atoms with van der Waals surface area (Å²) in [4.78, 5) is 16.3. The second kappa shape index (κ2) is 10.3. The van der Waals surface area contributed by atoms with Crippen LogP contribution in [0.2, 0.25) is 0 Å². The Morgan fingerprint density at radius 3 is 2.73 bits per heavy atom. The molecule has 3 rings (SSSR count). The highest BCUT2D eigenvalue weighted by molar-refractivity contribution is 5.94. The zero-order valence-corrected chi connectivity index (χ0v) is 16.3. The van der Waals surface area contributed by atoms with Gasteiger partial charge in [-0.3, -0.25) is 4.79 Å². The smallest absolute Gasteiger partial charge is 0.254 e. The molecule has 1 aliphatic rings. The highest BCUT2D eigenvalue weighted by Gasteiger charge is 2.21. The van der Waals surface area contributed by atoms with Crippen LogP contribution in [0.1, 0.15) is 11.1 Å². The van der Waals surface area contributed by atoms with Crippen LogP contribution in [0, 0.1) is 13.8 Å². The van der Waals surface area contributed by atoms with Crippen molar-refractivity contribution in [3.63, 3.8) is 0 Å². The lowest BCUT2D eigenvalue weighted by molar-refractivity contribution is -0.128. The Kier molecular flexibility index (Phi) is 8.81. The molecular formula is C18H23Cl2N3O3. The van der Waals surface area contributed by atoms with Crippen LogP contribution in [0.15, 0.2) is 36.5 Å². The van der Waals surface area contributed by atoms with E-state index in [4.69, 9.17) is 9.47 Å². The number of hydrogen-bond donors (Lipinski definition) is 2. The van der Waals surface area contributed by atoms with Crippen molar-refractivity contribution in [2.45, 2.75) is 20.0 Å². The average molecular weight is 400 g/mol. The normalized spacial score (nSPS) is 16.0. The highest BCUT2D eigenvalue weighted by atomic mass is 35.5. The quantitative estimate of drug-likeness (QED) is 0.825. The number of ether oxygens (including phenoxy) is 2. The number of benzene rings is 1. The number of aromatic nitrogens is 1. The van der Waals surface area contributed by atoms with E-state index in [1.807, 2.05) is 32.0 Å². The molecule has 0 saturated carbocycles. The monoisotopic (exact) mass is 399 g/mol. The summed E-state index contributed by atoms with van der Waals surface area (Å²) >= 11 is 0. The van der Waals surface area contributed by atoms with Crippen molar-refractivity contribution < 1.29 is 14.3 Å². The summed E-state index contributed by atoms with van der Waals surface area (Å²) < 4.78 is 11.2. The number of aryl methyl sites for hydroxylation is 1. The summed E-state index contributed by atoms with van der Waals surface area (Å²) in [6.07, 6.45) is 1.11. The second-order valence-electron chi connectivity index (χ2n) is 5.74. The summed E-state index contributed by atoms with van der Waals surface area (Å²) in [6, 6.07) is 9.40. The zero-order chi connectivity index (χ0) is 16.9. The molecule has 26 heavy (non-hydrogen) atoms. The van der Waals surface area contributed by atoms with Crippen LogP contribution in [0.5, 0.6) is 11.6 Å². The molecule has 1 aromatic carbocycles. The third-order valence-electron chi connectivity index (χ3n) is 3.99. The third kappa shape index (κ3) is 5.57. The molecule has 0 aliphatic carbocycles. The first-order valence-electron chi connectivity index (χ1n) is 7.97. The van der Waals surface area contributed by atoms with Gasteiger partial charge in [0.1, 0.15) is 11.9 Å². The first kappa shape index (κ1) is 22.2. The van der Waals surface area contributed by atoms with Crippen molar-refractivity contribution in [3.8, 4) is 11.6 Å². The maximum Gasteiger partial charge on any atom is 0.254 e. The molecular weight excluding hydrogens is 377 g/mol. The molecule has 1 unspecified atom stereocenters. The third-order valence-corrected chi connectivity index (χ3v) is 3.99. The predicted molar refractivity (Wildman–Crippen MR) is 106 cm³/mol. The maximum atomic E-state index is 12.1. The van der Waals surface area contributed by atoms with Crippen molar-refractivity contribution in [1.29, 1.82) is 0 Å². The molecule has 1 amide bonds. The van der Waals surface area contributed by atoms with Gasteiger partial charge in [-0.1, -0.05) is 12.1 Å². The second-order valence-corrected chi connectivity index (χ2v) is 5.74. The Hall–Kier alpha value is -1.86. The molecule has 1 fully saturated rings. The van der Waals surface area contributed by atoms with E-state index in [1.54, 1.807) is 18.3 Å². The summed E-state index contributed by atoms with van der Waals surface area (Å²) in [7, 11) is 0. The lowest BCUT2D eigenvalue weighted by atomic mass is 10.1. The number of halogens is 2. The highest BCUT2D eigenvalue weighted by Crippen LogP contribution is 2.26. The van der Waals surface area contributed by atoms with E-state index in [1.165, 1.54) is 0 Å². The van der Waals surface area contributed by atoms with Crippen LogP contribution < -0.4 is 15.4 Å². The Balaban J connectivity index is 0.00000169. The number of carbonyl (C=O) groups excluding carboxylic acids is 1. The Morgan fingerprint density at radius 2 is 2.08 bits per heavy atom. The lowest BCUT2D eigenvalue weighted by Gasteiger charge is -2.22. The Labute approximate surface area is 165 Å². The minimum atomic E-state index is -0.468. The van der Waals surface area contributed by atoms with E-state index >= 15 is 0 Å². The van der Waals surface area contributed by atoms with Gasteiger partial charge >= 0.3 is 0 Å². The van der Waals surface area contributed by atoms with Crippen LogP contribution in [0.25, 0.3) is 0 Å². The fraction of sp³-hybridized carbons (Fsp3) is 0.333. The molecule has 0 spiro atoms. The van der Waals surface area contributed by atoms with E-state index in [9.17, 15) is 4.79 Å². The van der Waals surface area contributed by atoms with Crippen molar-refractivity contribution in [1.82, 2.24) is 10.3 Å². The standard InChI is InChI=1S/C18H21N3O3.2ClH/c1-12-4-3-5-15(13(12)2)24-17-7-6-14(10-20-17)21-18(22)16-11-19-8-9-23-16;;/h3-7,10,16,19H,8-9,11H2,1-2H3,(H,21,22);2*1H. The van der Waals surface area contributed by atoms with Crippen molar-refractivity contribution in [2.75, 3.05) is 25.0 Å². The van der Waals surface area contributed by atoms with Gasteiger partial charge < -0.3 is 20.1 Å². The molecule has 6 nitrogen and oxygen atoms in total. The number of carbonyl (C=O) groups is 1. The molecule has 2 N–H and O–H groups in total. The Bertz CT molecular complexity index is 720. The first-order valence-corrected chi connectivity index (χ1v) is 7.97. The molecule has 0 bridgehead atoms. The SMILES string of the molecule is Cc1cccc(Oc2ccc(NC(=O)C3CNCCO3)cn2)c1C.Cl.Cl. The van der Waals surface area contributed by atoms with Crippen LogP contribution >= 0.6 is 24.8 Å². The predicted octanol–water partition coefficient (Wildman–Crippen LogP) is 3.26. The van der Waals surface area contributed by atoms with E-state index < -0.39 is 6.10 Å². The molecule has 2 heterocycles. The molecule has 142 valence electrons. The van der Waals surface area contributed by atoms with Crippen molar-refractivity contribution in [2.24, 2.45) is 0 Å². The van der Waals surface area contributed by atoms with Gasteiger partial charge in [-0.05, 0) is 37.1 Å². The molecule has 1 atom stereocenters. The topological polar surface area (TPSA) is 72.5 Å². The van der Waals surface area contributed by atoms with Gasteiger partial charge in [0.15, 0.2) is 0 Å². The summed E-state index contributed by atoms with van der Waals surface area (Å²) in [5, 5.41) is 5.93. The van der Waals surface area contributed by atoms with Gasteiger partial charge in [-0.2, -0.15) is 0 Å². The summed E-state index contributed by atoms with van der Waals surface area (Å²) in [5.74, 6) is 1.09. The van der Waals surface area contributed by atoms with Gasteiger partial charge in [0.05, 0.1) is 18.5 Å². The molecule has 8 heteroatoms. The number of pyridine rings is 1. The largest absolute Gasteiger partial charge is 0.439 e. The maximum absolute atomic E-state index is 12.1. The van der Waals surface area contributed by atoms with Crippen LogP contribution in [0.4, 0.5) is 5.69 Å². The van der Waals surface area contributed by atoms with E-state index in [-0.39, 0.29) is 30.7 Å². The lowest BCUT2D eigenvalue weighted by Crippen LogP contribution is -2.45. The number of amides is 1.